The number of para-hydroxylation sites is 1. The fourth-order valence-corrected chi connectivity index (χ4v) is 5.06. The third-order valence-electron chi connectivity index (χ3n) is 4.66. The highest BCUT2D eigenvalue weighted by atomic mass is 32.2. The predicted molar refractivity (Wildman–Crippen MR) is 123 cm³/mol. The number of benzene rings is 3. The summed E-state index contributed by atoms with van der Waals surface area (Å²) in [4.78, 5) is 17.2. The Bertz CT molecular complexity index is 1350. The van der Waals surface area contributed by atoms with Crippen LogP contribution in [0.2, 0.25) is 0 Å². The molecule has 2 aromatic heterocycles. The third-order valence-corrected chi connectivity index (χ3v) is 6.91. The molecule has 0 radical (unpaired) electrons. The zero-order chi connectivity index (χ0) is 21.9. The number of thiazole rings is 1. The minimum Gasteiger partial charge on any atom is -0.319 e. The monoisotopic (exact) mass is 462 g/mol. The first-order valence-corrected chi connectivity index (χ1v) is 11.4. The number of fused-ring (bicyclic) bond motifs is 1. The van der Waals surface area contributed by atoms with Crippen LogP contribution in [-0.4, -0.2) is 31.1 Å². The topological polar surface area (TPSA) is 85.6 Å². The lowest BCUT2D eigenvalue weighted by Gasteiger charge is -2.09. The first kappa shape index (κ1) is 20.3. The molecule has 0 spiro atoms. The Morgan fingerprint density at radius 2 is 1.94 bits per heavy atom. The third kappa shape index (κ3) is 4.36. The number of hydrogen-bond donors (Lipinski definition) is 1. The van der Waals surface area contributed by atoms with E-state index in [1.54, 1.807) is 35.2 Å². The summed E-state index contributed by atoms with van der Waals surface area (Å²) in [7, 11) is 0. The van der Waals surface area contributed by atoms with Crippen molar-refractivity contribution in [2.75, 3.05) is 5.32 Å². The van der Waals surface area contributed by atoms with Crippen LogP contribution in [0.25, 0.3) is 15.9 Å². The van der Waals surface area contributed by atoms with Crippen molar-refractivity contribution >= 4 is 44.9 Å². The van der Waals surface area contributed by atoms with E-state index < -0.39 is 11.7 Å². The van der Waals surface area contributed by atoms with Gasteiger partial charge in [0.05, 0.1) is 21.6 Å². The molecule has 0 fully saturated rings. The molecule has 0 unspecified atom stereocenters. The molecular weight excluding hydrogens is 447 g/mol. The van der Waals surface area contributed by atoms with Gasteiger partial charge in [0.15, 0.2) is 4.34 Å². The molecule has 0 atom stereocenters. The van der Waals surface area contributed by atoms with Gasteiger partial charge in [0.1, 0.15) is 12.1 Å². The quantitative estimate of drug-likeness (QED) is 0.359. The van der Waals surface area contributed by atoms with Gasteiger partial charge in [-0.25, -0.2) is 14.1 Å². The zero-order valence-electron chi connectivity index (χ0n) is 16.5. The maximum atomic E-state index is 14.2. The summed E-state index contributed by atoms with van der Waals surface area (Å²) >= 11 is 3.32. The van der Waals surface area contributed by atoms with Crippen molar-refractivity contribution in [2.45, 2.75) is 10.1 Å². The van der Waals surface area contributed by atoms with Gasteiger partial charge >= 0.3 is 0 Å². The normalized spacial score (nSPS) is 11.0. The molecule has 1 amide bonds. The van der Waals surface area contributed by atoms with E-state index in [0.29, 0.717) is 11.3 Å². The van der Waals surface area contributed by atoms with E-state index in [-0.39, 0.29) is 5.69 Å². The van der Waals surface area contributed by atoms with Crippen LogP contribution in [0, 0.1) is 5.82 Å². The van der Waals surface area contributed by atoms with E-state index >= 15 is 0 Å². The number of hydrogen-bond acceptors (Lipinski definition) is 7. The van der Waals surface area contributed by atoms with Crippen LogP contribution in [0.15, 0.2) is 77.4 Å². The van der Waals surface area contributed by atoms with E-state index in [2.05, 4.69) is 31.9 Å². The molecule has 10 heteroatoms. The van der Waals surface area contributed by atoms with Crippen molar-refractivity contribution in [3.63, 3.8) is 0 Å². The number of amides is 1. The molecule has 158 valence electrons. The van der Waals surface area contributed by atoms with Gasteiger partial charge in [0.25, 0.3) is 5.91 Å². The SMILES string of the molecule is O=C(Nc1cc(-n2cnnn2)ccc1F)c1ccc(CSc2nc3ccccc3s2)cc1. The summed E-state index contributed by atoms with van der Waals surface area (Å²) in [6.45, 7) is 0. The Morgan fingerprint density at radius 3 is 2.72 bits per heavy atom. The number of carbonyl (C=O) groups is 1. The highest BCUT2D eigenvalue weighted by molar-refractivity contribution is 8.00. The first-order chi connectivity index (χ1) is 15.7. The van der Waals surface area contributed by atoms with Crippen molar-refractivity contribution in [1.82, 2.24) is 25.2 Å². The number of thioether (sulfide) groups is 1. The Kier molecular flexibility index (Phi) is 5.61. The number of nitrogens with one attached hydrogen (secondary N) is 1. The molecule has 0 aliphatic carbocycles. The number of anilines is 1. The van der Waals surface area contributed by atoms with E-state index in [1.807, 2.05) is 30.3 Å². The molecule has 0 aliphatic heterocycles. The molecule has 7 nitrogen and oxygen atoms in total. The van der Waals surface area contributed by atoms with Gasteiger partial charge in [-0.15, -0.1) is 16.4 Å². The summed E-state index contributed by atoms with van der Waals surface area (Å²) in [6.07, 6.45) is 1.39. The van der Waals surface area contributed by atoms with Crippen LogP contribution >= 0.6 is 23.1 Å². The molecule has 32 heavy (non-hydrogen) atoms. The fraction of sp³-hybridized carbons (Fsp3) is 0.0455. The molecule has 3 aromatic carbocycles. The number of carbonyl (C=O) groups excluding carboxylic acids is 1. The van der Waals surface area contributed by atoms with Crippen LogP contribution in [0.1, 0.15) is 15.9 Å². The van der Waals surface area contributed by atoms with Gasteiger partial charge in [-0.2, -0.15) is 0 Å². The van der Waals surface area contributed by atoms with Crippen molar-refractivity contribution < 1.29 is 9.18 Å². The second-order valence-corrected chi connectivity index (χ2v) is 9.06. The number of tetrazole rings is 1. The predicted octanol–water partition coefficient (Wildman–Crippen LogP) is 4.96. The van der Waals surface area contributed by atoms with Gasteiger partial charge in [0, 0.05) is 11.3 Å². The smallest absolute Gasteiger partial charge is 0.255 e. The van der Waals surface area contributed by atoms with Gasteiger partial charge in [-0.1, -0.05) is 36.0 Å². The molecular formula is C22H15FN6OS2. The van der Waals surface area contributed by atoms with Crippen molar-refractivity contribution in [3.8, 4) is 5.69 Å². The second kappa shape index (κ2) is 8.85. The number of halogens is 1. The second-order valence-electron chi connectivity index (χ2n) is 6.81. The molecule has 5 rings (SSSR count). The highest BCUT2D eigenvalue weighted by Gasteiger charge is 2.12. The molecule has 0 bridgehead atoms. The average molecular weight is 463 g/mol. The Morgan fingerprint density at radius 1 is 1.09 bits per heavy atom. The summed E-state index contributed by atoms with van der Waals surface area (Å²) in [5.74, 6) is -0.202. The Labute approximate surface area is 190 Å². The summed E-state index contributed by atoms with van der Waals surface area (Å²) in [5, 5.41) is 13.5. The van der Waals surface area contributed by atoms with Crippen LogP contribution in [-0.2, 0) is 5.75 Å². The molecule has 0 saturated heterocycles. The standard InChI is InChI=1S/C22H15FN6OS2/c23-17-10-9-16(29-13-24-27-28-29)11-19(17)25-21(30)15-7-5-14(6-8-15)12-31-22-26-18-3-1-2-4-20(18)32-22/h1-11,13H,12H2,(H,25,30). The van der Waals surface area contributed by atoms with Crippen molar-refractivity contribution in [1.29, 1.82) is 0 Å². The van der Waals surface area contributed by atoms with Gasteiger partial charge in [-0.05, 0) is 58.5 Å². The van der Waals surface area contributed by atoms with E-state index in [1.165, 1.54) is 33.9 Å². The van der Waals surface area contributed by atoms with Gasteiger partial charge < -0.3 is 5.32 Å². The molecule has 1 N–H and O–H groups in total. The van der Waals surface area contributed by atoms with Crippen LogP contribution in [0.4, 0.5) is 10.1 Å². The molecule has 0 saturated carbocycles. The lowest BCUT2D eigenvalue weighted by molar-refractivity contribution is 0.102. The summed E-state index contributed by atoms with van der Waals surface area (Å²) < 4.78 is 17.8. The number of nitrogens with zero attached hydrogens (tertiary/aromatic N) is 5. The molecule has 0 aliphatic rings. The highest BCUT2D eigenvalue weighted by Crippen LogP contribution is 2.31. The number of rotatable bonds is 6. The fourth-order valence-electron chi connectivity index (χ4n) is 3.04. The lowest BCUT2D eigenvalue weighted by Crippen LogP contribution is -2.13. The summed E-state index contributed by atoms with van der Waals surface area (Å²) in [5.41, 5.74) is 3.10. The zero-order valence-corrected chi connectivity index (χ0v) is 18.1. The van der Waals surface area contributed by atoms with Crippen LogP contribution in [0.5, 0.6) is 0 Å². The van der Waals surface area contributed by atoms with E-state index in [0.717, 1.165) is 21.2 Å². The summed E-state index contributed by atoms with van der Waals surface area (Å²) in [6, 6.07) is 19.6. The maximum absolute atomic E-state index is 14.2. The minimum atomic E-state index is -0.543. The lowest BCUT2D eigenvalue weighted by atomic mass is 10.1. The van der Waals surface area contributed by atoms with Crippen LogP contribution < -0.4 is 5.32 Å². The van der Waals surface area contributed by atoms with Crippen molar-refractivity contribution in [3.05, 3.63) is 90.0 Å². The van der Waals surface area contributed by atoms with Crippen molar-refractivity contribution in [2.24, 2.45) is 0 Å². The van der Waals surface area contributed by atoms with Gasteiger partial charge in [-0.3, -0.25) is 4.79 Å². The van der Waals surface area contributed by atoms with Crippen LogP contribution in [0.3, 0.4) is 0 Å². The largest absolute Gasteiger partial charge is 0.319 e. The minimum absolute atomic E-state index is 0.0541. The molecule has 2 heterocycles. The first-order valence-electron chi connectivity index (χ1n) is 9.57. The average Bonchev–Trinajstić information content (AvgIpc) is 3.49. The van der Waals surface area contributed by atoms with E-state index in [9.17, 15) is 9.18 Å². The van der Waals surface area contributed by atoms with Gasteiger partial charge in [0.2, 0.25) is 0 Å². The molecule has 5 aromatic rings. The number of aromatic nitrogens is 5. The maximum Gasteiger partial charge on any atom is 0.255 e. The Hall–Kier alpha value is -3.63. The van der Waals surface area contributed by atoms with E-state index in [4.69, 9.17) is 0 Å². The Balaban J connectivity index is 1.25.